The second-order valence-corrected chi connectivity index (χ2v) is 6.96. The summed E-state index contributed by atoms with van der Waals surface area (Å²) >= 11 is 0. The Morgan fingerprint density at radius 3 is 2.18 bits per heavy atom. The molecule has 0 saturated heterocycles. The lowest BCUT2D eigenvalue weighted by atomic mass is 10.2. The van der Waals surface area contributed by atoms with Crippen LogP contribution in [0.4, 0.5) is 0 Å². The normalized spacial score (nSPS) is 12.2. The second-order valence-electron chi connectivity index (χ2n) is 4.20. The van der Waals surface area contributed by atoms with Gasteiger partial charge in [0.05, 0.1) is 0 Å². The molecule has 1 aromatic rings. The van der Waals surface area contributed by atoms with Gasteiger partial charge in [-0.15, -0.1) is 0 Å². The van der Waals surface area contributed by atoms with Crippen LogP contribution in [0.3, 0.4) is 0 Å². The number of hydrogen-bond donors (Lipinski definition) is 1. The molecule has 0 spiro atoms. The van der Waals surface area contributed by atoms with Crippen molar-refractivity contribution in [3.05, 3.63) is 23.8 Å². The van der Waals surface area contributed by atoms with Crippen LogP contribution in [0.15, 0.2) is 18.2 Å². The van der Waals surface area contributed by atoms with E-state index in [1.807, 2.05) is 0 Å². The molecule has 0 atom stereocenters. The average molecular weight is 258 g/mol. The molecule has 1 N–H and O–H groups in total. The number of phenolic OH excluding ortho intramolecular Hbond substituents is 1. The number of phenols is 1. The van der Waals surface area contributed by atoms with Gasteiger partial charge >= 0.3 is 7.67 Å². The summed E-state index contributed by atoms with van der Waals surface area (Å²) in [6.07, 6.45) is 0. The molecule has 0 aromatic heterocycles. The highest BCUT2D eigenvalue weighted by Crippen LogP contribution is 2.52. The van der Waals surface area contributed by atoms with Crippen LogP contribution in [-0.2, 0) is 4.57 Å². The van der Waals surface area contributed by atoms with Crippen LogP contribution in [0.1, 0.15) is 5.56 Å². The zero-order valence-electron chi connectivity index (χ0n) is 10.8. The largest absolute Gasteiger partial charge is 0.504 e. The molecule has 0 fully saturated rings. The lowest BCUT2D eigenvalue weighted by molar-refractivity contribution is 0.343. The number of aromatic hydroxyl groups is 1. The van der Waals surface area contributed by atoms with E-state index in [9.17, 15) is 9.67 Å². The standard InChI is InChI=1S/C11H19N2O3P/c1-9-7-6-8-10(11(9)14)16-17(15,12(2)3)13(4)5/h6-8,14H,1-5H3. The number of para-hydroxylation sites is 1. The van der Waals surface area contributed by atoms with Gasteiger partial charge in [-0.25, -0.2) is 13.9 Å². The Hall–Kier alpha value is -1.03. The Bertz CT molecular complexity index is 434. The third-order valence-electron chi connectivity index (χ3n) is 2.43. The SMILES string of the molecule is Cc1cccc(OP(=O)(N(C)C)N(C)C)c1O. The summed E-state index contributed by atoms with van der Waals surface area (Å²) in [5.74, 6) is 0.257. The molecule has 0 saturated carbocycles. The highest BCUT2D eigenvalue weighted by Gasteiger charge is 2.32. The quantitative estimate of drug-likeness (QED) is 0.840. The first kappa shape index (κ1) is 14.0. The molecule has 0 heterocycles. The van der Waals surface area contributed by atoms with Gasteiger partial charge in [0.15, 0.2) is 11.5 Å². The van der Waals surface area contributed by atoms with Crippen molar-refractivity contribution in [2.75, 3.05) is 28.2 Å². The summed E-state index contributed by atoms with van der Waals surface area (Å²) in [6.45, 7) is 1.76. The molecule has 0 amide bonds. The van der Waals surface area contributed by atoms with Gasteiger partial charge < -0.3 is 9.63 Å². The smallest absolute Gasteiger partial charge is 0.394 e. The minimum absolute atomic E-state index is 0.0245. The van der Waals surface area contributed by atoms with Gasteiger partial charge in [-0.1, -0.05) is 12.1 Å². The van der Waals surface area contributed by atoms with Crippen molar-refractivity contribution in [3.8, 4) is 11.5 Å². The summed E-state index contributed by atoms with van der Waals surface area (Å²) in [4.78, 5) is 0. The van der Waals surface area contributed by atoms with Crippen molar-refractivity contribution in [1.82, 2.24) is 9.34 Å². The Balaban J connectivity index is 3.12. The first-order valence-corrected chi connectivity index (χ1v) is 6.76. The monoisotopic (exact) mass is 258 g/mol. The molecule has 96 valence electrons. The van der Waals surface area contributed by atoms with Crippen molar-refractivity contribution < 1.29 is 14.2 Å². The third-order valence-corrected chi connectivity index (χ3v) is 4.89. The molecule has 1 aromatic carbocycles. The van der Waals surface area contributed by atoms with Crippen LogP contribution in [0.2, 0.25) is 0 Å². The predicted octanol–water partition coefficient (Wildman–Crippen LogP) is 2.31. The van der Waals surface area contributed by atoms with Crippen molar-refractivity contribution >= 4 is 7.67 Å². The average Bonchev–Trinajstić information content (AvgIpc) is 2.24. The van der Waals surface area contributed by atoms with Crippen LogP contribution in [-0.4, -0.2) is 42.6 Å². The second kappa shape index (κ2) is 5.08. The summed E-state index contributed by atoms with van der Waals surface area (Å²) in [5, 5.41) is 9.84. The first-order valence-electron chi connectivity index (χ1n) is 5.23. The van der Waals surface area contributed by atoms with E-state index in [-0.39, 0.29) is 11.5 Å². The Kier molecular flexibility index (Phi) is 4.20. The molecular weight excluding hydrogens is 239 g/mol. The zero-order valence-corrected chi connectivity index (χ0v) is 11.7. The molecule has 0 aliphatic rings. The number of rotatable bonds is 4. The molecule has 0 aliphatic carbocycles. The first-order chi connectivity index (χ1) is 7.79. The maximum Gasteiger partial charge on any atom is 0.394 e. The van der Waals surface area contributed by atoms with Gasteiger partial charge in [0, 0.05) is 0 Å². The van der Waals surface area contributed by atoms with E-state index in [0.29, 0.717) is 5.56 Å². The molecule has 5 nitrogen and oxygen atoms in total. The molecule has 17 heavy (non-hydrogen) atoms. The van der Waals surface area contributed by atoms with Crippen LogP contribution < -0.4 is 4.52 Å². The van der Waals surface area contributed by atoms with E-state index in [4.69, 9.17) is 4.52 Å². The van der Waals surface area contributed by atoms with Crippen molar-refractivity contribution in [3.63, 3.8) is 0 Å². The van der Waals surface area contributed by atoms with Crippen LogP contribution in [0.25, 0.3) is 0 Å². The Labute approximate surface area is 102 Å². The minimum Gasteiger partial charge on any atom is -0.504 e. The lowest BCUT2D eigenvalue weighted by Crippen LogP contribution is -2.24. The summed E-state index contributed by atoms with van der Waals surface area (Å²) in [5.41, 5.74) is 0.687. The molecular formula is C11H19N2O3P. The fourth-order valence-electron chi connectivity index (χ4n) is 1.35. The molecule has 0 radical (unpaired) electrons. The number of hydrogen-bond acceptors (Lipinski definition) is 3. The minimum atomic E-state index is -3.13. The van der Waals surface area contributed by atoms with Gasteiger partial charge in [0.2, 0.25) is 0 Å². The van der Waals surface area contributed by atoms with Gasteiger partial charge in [-0.3, -0.25) is 0 Å². The maximum absolute atomic E-state index is 12.6. The molecule has 6 heteroatoms. The van der Waals surface area contributed by atoms with E-state index < -0.39 is 7.67 Å². The van der Waals surface area contributed by atoms with Crippen LogP contribution >= 0.6 is 7.67 Å². The summed E-state index contributed by atoms with van der Waals surface area (Å²) in [6, 6.07) is 5.11. The topological polar surface area (TPSA) is 53.0 Å². The lowest BCUT2D eigenvalue weighted by Gasteiger charge is -2.29. The maximum atomic E-state index is 12.6. The molecule has 0 aliphatic heterocycles. The molecule has 0 unspecified atom stereocenters. The summed E-state index contributed by atoms with van der Waals surface area (Å²) in [7, 11) is 3.57. The molecule has 1 rings (SSSR count). The number of nitrogens with zero attached hydrogens (tertiary/aromatic N) is 2. The summed E-state index contributed by atoms with van der Waals surface area (Å²) < 4.78 is 21.1. The Morgan fingerprint density at radius 2 is 1.71 bits per heavy atom. The van der Waals surface area contributed by atoms with E-state index in [1.165, 1.54) is 9.34 Å². The highest BCUT2D eigenvalue weighted by molar-refractivity contribution is 7.54. The number of aryl methyl sites for hydroxylation is 1. The third kappa shape index (κ3) is 2.80. The van der Waals surface area contributed by atoms with Gasteiger partial charge in [-0.05, 0) is 46.7 Å². The van der Waals surface area contributed by atoms with E-state index in [0.717, 1.165) is 0 Å². The van der Waals surface area contributed by atoms with Crippen molar-refractivity contribution in [1.29, 1.82) is 0 Å². The fraction of sp³-hybridized carbons (Fsp3) is 0.455. The van der Waals surface area contributed by atoms with Gasteiger partial charge in [0.25, 0.3) is 0 Å². The van der Waals surface area contributed by atoms with Crippen molar-refractivity contribution in [2.24, 2.45) is 0 Å². The highest BCUT2D eigenvalue weighted by atomic mass is 31.2. The van der Waals surface area contributed by atoms with E-state index in [1.54, 1.807) is 53.3 Å². The van der Waals surface area contributed by atoms with Crippen LogP contribution in [0.5, 0.6) is 11.5 Å². The number of benzene rings is 1. The zero-order chi connectivity index (χ0) is 13.2. The molecule has 0 bridgehead atoms. The van der Waals surface area contributed by atoms with E-state index in [2.05, 4.69) is 0 Å². The van der Waals surface area contributed by atoms with Gasteiger partial charge in [-0.2, -0.15) is 0 Å². The predicted molar refractivity (Wildman–Crippen MR) is 68.5 cm³/mol. The van der Waals surface area contributed by atoms with Crippen LogP contribution in [0, 0.1) is 6.92 Å². The fourth-order valence-corrected chi connectivity index (χ4v) is 2.80. The van der Waals surface area contributed by atoms with Gasteiger partial charge in [0.1, 0.15) is 0 Å². The Morgan fingerprint density at radius 1 is 1.18 bits per heavy atom. The van der Waals surface area contributed by atoms with E-state index >= 15 is 0 Å². The van der Waals surface area contributed by atoms with Crippen molar-refractivity contribution in [2.45, 2.75) is 6.92 Å².